The van der Waals surface area contributed by atoms with Crippen LogP contribution in [0.15, 0.2) is 47.4 Å². The van der Waals surface area contributed by atoms with Gasteiger partial charge in [-0.2, -0.15) is 4.31 Å². The predicted octanol–water partition coefficient (Wildman–Crippen LogP) is 4.94. The molecule has 1 amide bonds. The molecule has 7 heteroatoms. The summed E-state index contributed by atoms with van der Waals surface area (Å²) in [5, 5.41) is 2.78. The number of benzene rings is 2. The van der Waals surface area contributed by atoms with E-state index in [1.54, 1.807) is 35.5 Å². The van der Waals surface area contributed by atoms with Gasteiger partial charge >= 0.3 is 0 Å². The molecule has 2 aromatic carbocycles. The SMILES string of the molecule is CCC(=O)Nc1ccc(S(=O)(=O)N(Cc2ccc3c(c2)CCCN3CC)C2CCCC2)cc1. The summed E-state index contributed by atoms with van der Waals surface area (Å²) < 4.78 is 29.2. The highest BCUT2D eigenvalue weighted by Gasteiger charge is 2.33. The number of hydrogen-bond acceptors (Lipinski definition) is 4. The van der Waals surface area contributed by atoms with Gasteiger partial charge in [0.1, 0.15) is 0 Å². The van der Waals surface area contributed by atoms with Crippen molar-refractivity contribution in [2.75, 3.05) is 23.3 Å². The van der Waals surface area contributed by atoms with Crippen LogP contribution in [0.3, 0.4) is 0 Å². The summed E-state index contributed by atoms with van der Waals surface area (Å²) in [6.07, 6.45) is 6.49. The largest absolute Gasteiger partial charge is 0.372 e. The van der Waals surface area contributed by atoms with Gasteiger partial charge in [-0.25, -0.2) is 8.42 Å². The minimum absolute atomic E-state index is 0.0256. The molecule has 2 aromatic rings. The second-order valence-electron chi connectivity index (χ2n) is 9.06. The lowest BCUT2D eigenvalue weighted by molar-refractivity contribution is -0.115. The fraction of sp³-hybridized carbons (Fsp3) is 0.500. The Bertz CT molecular complexity index is 1080. The number of nitrogens with zero attached hydrogens (tertiary/aromatic N) is 2. The van der Waals surface area contributed by atoms with Crippen LogP contribution in [0.4, 0.5) is 11.4 Å². The number of carbonyl (C=O) groups excluding carboxylic acids is 1. The third-order valence-electron chi connectivity index (χ3n) is 6.88. The molecule has 0 atom stereocenters. The van der Waals surface area contributed by atoms with E-state index in [-0.39, 0.29) is 16.8 Å². The van der Waals surface area contributed by atoms with Crippen molar-refractivity contribution in [1.29, 1.82) is 0 Å². The lowest BCUT2D eigenvalue weighted by Gasteiger charge is -2.32. The number of anilines is 2. The monoisotopic (exact) mass is 469 g/mol. The first-order valence-corrected chi connectivity index (χ1v) is 13.6. The maximum absolute atomic E-state index is 13.7. The highest BCUT2D eigenvalue weighted by molar-refractivity contribution is 7.89. The summed E-state index contributed by atoms with van der Waals surface area (Å²) in [6.45, 7) is 6.43. The quantitative estimate of drug-likeness (QED) is 0.594. The molecule has 0 radical (unpaired) electrons. The van der Waals surface area contributed by atoms with Crippen LogP contribution in [-0.2, 0) is 27.8 Å². The molecule has 0 aromatic heterocycles. The summed E-state index contributed by atoms with van der Waals surface area (Å²) in [5.74, 6) is -0.0905. The van der Waals surface area contributed by atoms with Gasteiger partial charge in [0, 0.05) is 43.5 Å². The van der Waals surface area contributed by atoms with Crippen molar-refractivity contribution < 1.29 is 13.2 Å². The van der Waals surface area contributed by atoms with E-state index in [9.17, 15) is 13.2 Å². The van der Waals surface area contributed by atoms with Gasteiger partial charge in [0.05, 0.1) is 4.90 Å². The molecule has 178 valence electrons. The molecule has 4 rings (SSSR count). The number of carbonyl (C=O) groups is 1. The number of rotatable bonds is 8. The topological polar surface area (TPSA) is 69.7 Å². The molecule has 1 fully saturated rings. The highest BCUT2D eigenvalue weighted by atomic mass is 32.2. The van der Waals surface area contributed by atoms with Crippen molar-refractivity contribution in [3.05, 3.63) is 53.6 Å². The van der Waals surface area contributed by atoms with E-state index in [4.69, 9.17) is 0 Å². The van der Waals surface area contributed by atoms with E-state index in [0.29, 0.717) is 18.7 Å². The van der Waals surface area contributed by atoms with E-state index in [1.165, 1.54) is 11.3 Å². The van der Waals surface area contributed by atoms with Gasteiger partial charge in [-0.3, -0.25) is 4.79 Å². The molecular formula is C26H35N3O3S. The van der Waals surface area contributed by atoms with Crippen LogP contribution in [0.1, 0.15) is 63.5 Å². The molecule has 1 aliphatic heterocycles. The molecule has 0 bridgehead atoms. The van der Waals surface area contributed by atoms with Crippen LogP contribution in [0.25, 0.3) is 0 Å². The third-order valence-corrected chi connectivity index (χ3v) is 8.79. The number of nitrogens with one attached hydrogen (secondary N) is 1. The van der Waals surface area contributed by atoms with Gasteiger partial charge in [-0.15, -0.1) is 0 Å². The summed E-state index contributed by atoms with van der Waals surface area (Å²) in [5.41, 5.74) is 4.27. The maximum Gasteiger partial charge on any atom is 0.243 e. The Hall–Kier alpha value is -2.38. The van der Waals surface area contributed by atoms with Gasteiger partial charge < -0.3 is 10.2 Å². The van der Waals surface area contributed by atoms with E-state index < -0.39 is 10.0 Å². The van der Waals surface area contributed by atoms with Gasteiger partial charge in [-0.05, 0) is 74.1 Å². The average molecular weight is 470 g/mol. The number of aryl methyl sites for hydroxylation is 1. The Morgan fingerprint density at radius 3 is 2.45 bits per heavy atom. The Morgan fingerprint density at radius 2 is 1.79 bits per heavy atom. The molecule has 0 saturated heterocycles. The zero-order valence-corrected chi connectivity index (χ0v) is 20.5. The van der Waals surface area contributed by atoms with Gasteiger partial charge in [0.2, 0.25) is 15.9 Å². The van der Waals surface area contributed by atoms with E-state index in [2.05, 4.69) is 35.3 Å². The zero-order valence-electron chi connectivity index (χ0n) is 19.7. The van der Waals surface area contributed by atoms with Crippen LogP contribution < -0.4 is 10.2 Å². The molecule has 33 heavy (non-hydrogen) atoms. The van der Waals surface area contributed by atoms with Crippen molar-refractivity contribution in [1.82, 2.24) is 4.31 Å². The molecule has 1 aliphatic carbocycles. The van der Waals surface area contributed by atoms with Crippen molar-refractivity contribution in [2.24, 2.45) is 0 Å². The van der Waals surface area contributed by atoms with Crippen LogP contribution in [0.2, 0.25) is 0 Å². The zero-order chi connectivity index (χ0) is 23.4. The van der Waals surface area contributed by atoms with Crippen molar-refractivity contribution in [3.63, 3.8) is 0 Å². The number of fused-ring (bicyclic) bond motifs is 1. The van der Waals surface area contributed by atoms with Gasteiger partial charge in [0.25, 0.3) is 0 Å². The Labute approximate surface area is 198 Å². The predicted molar refractivity (Wildman–Crippen MR) is 133 cm³/mol. The van der Waals surface area contributed by atoms with Crippen molar-refractivity contribution in [3.8, 4) is 0 Å². The first-order chi connectivity index (χ1) is 15.9. The van der Waals surface area contributed by atoms with Crippen molar-refractivity contribution >= 4 is 27.3 Å². The van der Waals surface area contributed by atoms with Gasteiger partial charge in [-0.1, -0.05) is 31.9 Å². The van der Waals surface area contributed by atoms with Gasteiger partial charge in [0.15, 0.2) is 0 Å². The molecule has 0 spiro atoms. The second-order valence-corrected chi connectivity index (χ2v) is 11.0. The lowest BCUT2D eigenvalue weighted by Crippen LogP contribution is -2.38. The molecule has 0 unspecified atom stereocenters. The van der Waals surface area contributed by atoms with E-state index in [1.807, 2.05) is 0 Å². The third kappa shape index (κ3) is 5.25. The molecule has 1 saturated carbocycles. The van der Waals surface area contributed by atoms with Crippen LogP contribution >= 0.6 is 0 Å². The standard InChI is InChI=1S/C26H35N3O3S/c1-3-26(30)27-22-12-14-24(15-13-22)33(31,32)29(23-9-5-6-10-23)19-20-11-16-25-21(18-20)8-7-17-28(25)4-2/h11-16,18,23H,3-10,17,19H2,1-2H3,(H,27,30). The summed E-state index contributed by atoms with van der Waals surface area (Å²) in [6, 6.07) is 13.0. The molecule has 1 N–H and O–H groups in total. The summed E-state index contributed by atoms with van der Waals surface area (Å²) in [4.78, 5) is 14.3. The fourth-order valence-electron chi connectivity index (χ4n) is 5.03. The lowest BCUT2D eigenvalue weighted by atomic mass is 9.99. The Morgan fingerprint density at radius 1 is 1.06 bits per heavy atom. The minimum Gasteiger partial charge on any atom is -0.372 e. The Balaban J connectivity index is 1.60. The van der Waals surface area contributed by atoms with Crippen LogP contribution in [-0.4, -0.2) is 37.8 Å². The molecule has 6 nitrogen and oxygen atoms in total. The fourth-order valence-corrected chi connectivity index (χ4v) is 6.71. The van der Waals surface area contributed by atoms with E-state index >= 15 is 0 Å². The molecular weight excluding hydrogens is 434 g/mol. The number of sulfonamides is 1. The maximum atomic E-state index is 13.7. The minimum atomic E-state index is -3.66. The van der Waals surface area contributed by atoms with Crippen LogP contribution in [0, 0.1) is 0 Å². The smallest absolute Gasteiger partial charge is 0.243 e. The van der Waals surface area contributed by atoms with Crippen LogP contribution in [0.5, 0.6) is 0 Å². The number of hydrogen-bond donors (Lipinski definition) is 1. The Kier molecular flexibility index (Phi) is 7.39. The number of amides is 1. The highest BCUT2D eigenvalue weighted by Crippen LogP contribution is 2.33. The van der Waals surface area contributed by atoms with E-state index in [0.717, 1.165) is 57.2 Å². The average Bonchev–Trinajstić information content (AvgIpc) is 3.36. The van der Waals surface area contributed by atoms with Crippen molar-refractivity contribution in [2.45, 2.75) is 76.3 Å². The first-order valence-electron chi connectivity index (χ1n) is 12.2. The molecule has 1 heterocycles. The first kappa shape index (κ1) is 23.8. The molecule has 2 aliphatic rings. The second kappa shape index (κ2) is 10.3. The normalized spacial score (nSPS) is 16.8. The summed E-state index contributed by atoms with van der Waals surface area (Å²) in [7, 11) is -3.66. The summed E-state index contributed by atoms with van der Waals surface area (Å²) >= 11 is 0.